The molecule has 29 heavy (non-hydrogen) atoms. The number of carbonyl (C=O) groups excluding carboxylic acids is 1. The molecule has 6 nitrogen and oxygen atoms in total. The first-order valence-corrected chi connectivity index (χ1v) is 9.36. The fourth-order valence-corrected chi connectivity index (χ4v) is 3.44. The number of benzene rings is 2. The van der Waals surface area contributed by atoms with E-state index in [9.17, 15) is 4.79 Å². The third kappa shape index (κ3) is 3.69. The third-order valence-electron chi connectivity index (χ3n) is 4.85. The molecule has 4 aromatic rings. The molecule has 0 spiro atoms. The molecule has 1 unspecified atom stereocenters. The van der Waals surface area contributed by atoms with Crippen molar-refractivity contribution in [1.29, 1.82) is 0 Å². The summed E-state index contributed by atoms with van der Waals surface area (Å²) in [5.74, 6) is 0.987. The normalized spacial score (nSPS) is 12.0. The largest absolute Gasteiger partial charge is 0.483 e. The second kappa shape index (κ2) is 7.75. The minimum atomic E-state index is -0.617. The number of ether oxygens (including phenoxy) is 1. The molecule has 2 aromatic carbocycles. The smallest absolute Gasteiger partial charge is 0.247 e. The molecule has 146 valence electrons. The number of aryl methyl sites for hydroxylation is 1. The standard InChI is InChI=1S/C23H21N3O3/c1-15-13-21(16(2)26(15)19-7-5-4-6-8-19)22(27)17(3)29-20-11-9-18(10-12-20)23-25-24-14-28-23/h4-14,17H,1-3H3. The molecule has 0 saturated heterocycles. The highest BCUT2D eigenvalue weighted by Gasteiger charge is 2.23. The molecular weight excluding hydrogens is 366 g/mol. The molecule has 1 atom stereocenters. The monoisotopic (exact) mass is 387 g/mol. The van der Waals surface area contributed by atoms with Crippen LogP contribution in [0.3, 0.4) is 0 Å². The lowest BCUT2D eigenvalue weighted by atomic mass is 10.1. The first kappa shape index (κ1) is 18.7. The minimum absolute atomic E-state index is 0.0544. The maximum Gasteiger partial charge on any atom is 0.247 e. The Labute approximate surface area is 168 Å². The van der Waals surface area contributed by atoms with Gasteiger partial charge in [-0.15, -0.1) is 10.2 Å². The van der Waals surface area contributed by atoms with Gasteiger partial charge in [0.2, 0.25) is 18.1 Å². The third-order valence-corrected chi connectivity index (χ3v) is 4.85. The van der Waals surface area contributed by atoms with Gasteiger partial charge in [0.05, 0.1) is 0 Å². The van der Waals surface area contributed by atoms with Crippen molar-refractivity contribution in [3.63, 3.8) is 0 Å². The van der Waals surface area contributed by atoms with Gasteiger partial charge < -0.3 is 13.7 Å². The van der Waals surface area contributed by atoms with Crippen LogP contribution in [-0.4, -0.2) is 26.7 Å². The van der Waals surface area contributed by atoms with Gasteiger partial charge in [-0.05, 0) is 63.2 Å². The maximum atomic E-state index is 13.0. The molecule has 2 aromatic heterocycles. The molecule has 0 saturated carbocycles. The van der Waals surface area contributed by atoms with Crippen LogP contribution in [0.2, 0.25) is 0 Å². The summed E-state index contributed by atoms with van der Waals surface area (Å²) in [4.78, 5) is 13.0. The number of rotatable bonds is 6. The van der Waals surface area contributed by atoms with E-state index in [2.05, 4.69) is 14.8 Å². The Morgan fingerprint density at radius 1 is 1.07 bits per heavy atom. The number of hydrogen-bond acceptors (Lipinski definition) is 5. The quantitative estimate of drug-likeness (QED) is 0.445. The van der Waals surface area contributed by atoms with Crippen LogP contribution in [0.1, 0.15) is 28.7 Å². The first-order chi connectivity index (χ1) is 14.0. The van der Waals surface area contributed by atoms with Gasteiger partial charge >= 0.3 is 0 Å². The van der Waals surface area contributed by atoms with Gasteiger partial charge in [-0.1, -0.05) is 18.2 Å². The number of carbonyl (C=O) groups is 1. The second-order valence-electron chi connectivity index (χ2n) is 6.85. The maximum absolute atomic E-state index is 13.0. The van der Waals surface area contributed by atoms with E-state index in [4.69, 9.17) is 9.15 Å². The van der Waals surface area contributed by atoms with Gasteiger partial charge in [0.1, 0.15) is 5.75 Å². The van der Waals surface area contributed by atoms with E-state index in [1.807, 2.05) is 62.4 Å². The van der Waals surface area contributed by atoms with Crippen LogP contribution in [-0.2, 0) is 0 Å². The van der Waals surface area contributed by atoms with Gasteiger partial charge in [-0.25, -0.2) is 0 Å². The molecule has 0 aliphatic heterocycles. The molecule has 0 aliphatic carbocycles. The van der Waals surface area contributed by atoms with Crippen molar-refractivity contribution >= 4 is 5.78 Å². The van der Waals surface area contributed by atoms with Crippen molar-refractivity contribution in [1.82, 2.24) is 14.8 Å². The van der Waals surface area contributed by atoms with Gasteiger partial charge in [-0.2, -0.15) is 0 Å². The number of Topliss-reactive ketones (excluding diaryl/α,β-unsaturated/α-hetero) is 1. The summed E-state index contributed by atoms with van der Waals surface area (Å²) in [6.07, 6.45) is 0.667. The van der Waals surface area contributed by atoms with Gasteiger partial charge in [-0.3, -0.25) is 4.79 Å². The van der Waals surface area contributed by atoms with Gasteiger partial charge in [0.15, 0.2) is 6.10 Å². The summed E-state index contributed by atoms with van der Waals surface area (Å²) >= 11 is 0. The topological polar surface area (TPSA) is 70.2 Å². The predicted octanol–water partition coefficient (Wildman–Crippen LogP) is 4.79. The van der Waals surface area contributed by atoms with Crippen LogP contribution in [0, 0.1) is 13.8 Å². The Morgan fingerprint density at radius 2 is 1.79 bits per heavy atom. The van der Waals surface area contributed by atoms with Gasteiger partial charge in [0.25, 0.3) is 0 Å². The van der Waals surface area contributed by atoms with Crippen LogP contribution in [0.5, 0.6) is 5.75 Å². The Balaban J connectivity index is 1.53. The summed E-state index contributed by atoms with van der Waals surface area (Å²) in [5, 5.41) is 7.55. The molecule has 0 amide bonds. The van der Waals surface area contributed by atoms with Crippen LogP contribution in [0.4, 0.5) is 0 Å². The van der Waals surface area contributed by atoms with E-state index in [0.29, 0.717) is 17.2 Å². The van der Waals surface area contributed by atoms with E-state index < -0.39 is 6.10 Å². The van der Waals surface area contributed by atoms with Crippen molar-refractivity contribution in [2.24, 2.45) is 0 Å². The number of para-hydroxylation sites is 1. The van der Waals surface area contributed by atoms with E-state index >= 15 is 0 Å². The van der Waals surface area contributed by atoms with E-state index in [1.165, 1.54) is 6.39 Å². The summed E-state index contributed by atoms with van der Waals surface area (Å²) in [7, 11) is 0. The van der Waals surface area contributed by atoms with Crippen LogP contribution in [0.25, 0.3) is 17.1 Å². The molecule has 4 rings (SSSR count). The van der Waals surface area contributed by atoms with E-state index in [0.717, 1.165) is 22.6 Å². The number of ketones is 1. The Bertz CT molecular complexity index is 1110. The summed E-state index contributed by atoms with van der Waals surface area (Å²) in [5.41, 5.74) is 4.40. The molecule has 2 heterocycles. The fraction of sp³-hybridized carbons (Fsp3) is 0.174. The Kier molecular flexibility index (Phi) is 4.99. The van der Waals surface area contributed by atoms with Crippen LogP contribution in [0.15, 0.2) is 71.5 Å². The highest BCUT2D eigenvalue weighted by molar-refractivity contribution is 6.00. The predicted molar refractivity (Wildman–Crippen MR) is 109 cm³/mol. The lowest BCUT2D eigenvalue weighted by Crippen LogP contribution is -2.24. The lowest BCUT2D eigenvalue weighted by molar-refractivity contribution is 0.0817. The Morgan fingerprint density at radius 3 is 2.45 bits per heavy atom. The van der Waals surface area contributed by atoms with Crippen molar-refractivity contribution in [2.75, 3.05) is 0 Å². The molecule has 0 fully saturated rings. The first-order valence-electron chi connectivity index (χ1n) is 9.36. The second-order valence-corrected chi connectivity index (χ2v) is 6.85. The molecule has 0 aliphatic rings. The average Bonchev–Trinajstić information content (AvgIpc) is 3.37. The van der Waals surface area contributed by atoms with E-state index in [-0.39, 0.29) is 5.78 Å². The summed E-state index contributed by atoms with van der Waals surface area (Å²) in [6, 6.07) is 19.1. The molecule has 0 bridgehead atoms. The average molecular weight is 387 g/mol. The molecule has 0 N–H and O–H groups in total. The minimum Gasteiger partial charge on any atom is -0.483 e. The zero-order valence-electron chi connectivity index (χ0n) is 16.5. The van der Waals surface area contributed by atoms with Crippen LogP contribution < -0.4 is 4.74 Å². The highest BCUT2D eigenvalue weighted by atomic mass is 16.5. The summed E-state index contributed by atoms with van der Waals surface area (Å²) < 4.78 is 13.2. The van der Waals surface area contributed by atoms with Crippen molar-refractivity contribution in [3.8, 4) is 22.9 Å². The highest BCUT2D eigenvalue weighted by Crippen LogP contribution is 2.24. The fourth-order valence-electron chi connectivity index (χ4n) is 3.44. The lowest BCUT2D eigenvalue weighted by Gasteiger charge is -2.14. The number of aromatic nitrogens is 3. The van der Waals surface area contributed by atoms with Crippen molar-refractivity contribution in [2.45, 2.75) is 26.9 Å². The van der Waals surface area contributed by atoms with Crippen molar-refractivity contribution < 1.29 is 13.9 Å². The number of hydrogen-bond donors (Lipinski definition) is 0. The van der Waals surface area contributed by atoms with E-state index in [1.54, 1.807) is 19.1 Å². The Hall–Kier alpha value is -3.67. The van der Waals surface area contributed by atoms with Crippen LogP contribution >= 0.6 is 0 Å². The number of nitrogens with zero attached hydrogens (tertiary/aromatic N) is 3. The SMILES string of the molecule is Cc1cc(C(=O)C(C)Oc2ccc(-c3nnco3)cc2)c(C)n1-c1ccccc1. The zero-order chi connectivity index (χ0) is 20.4. The molecule has 6 heteroatoms. The summed E-state index contributed by atoms with van der Waals surface area (Å²) in [6.45, 7) is 5.72. The molecule has 0 radical (unpaired) electrons. The zero-order valence-corrected chi connectivity index (χ0v) is 16.5. The van der Waals surface area contributed by atoms with Crippen molar-refractivity contribution in [3.05, 3.63) is 84.0 Å². The van der Waals surface area contributed by atoms with Gasteiger partial charge in [0, 0.05) is 28.2 Å². The molecular formula is C23H21N3O3.